The maximum atomic E-state index is 12.4. The molecule has 1 aliphatic heterocycles. The van der Waals surface area contributed by atoms with Crippen LogP contribution >= 0.6 is 11.6 Å². The van der Waals surface area contributed by atoms with E-state index in [9.17, 15) is 4.79 Å². The van der Waals surface area contributed by atoms with Crippen molar-refractivity contribution in [2.24, 2.45) is 5.92 Å². The molecule has 0 spiro atoms. The Kier molecular flexibility index (Phi) is 4.33. The summed E-state index contributed by atoms with van der Waals surface area (Å²) >= 11 is 6.17. The van der Waals surface area contributed by atoms with Gasteiger partial charge in [-0.25, -0.2) is 9.97 Å². The highest BCUT2D eigenvalue weighted by Gasteiger charge is 2.21. The molecule has 4 rings (SSSR count). The molecule has 3 aromatic heterocycles. The number of pyridine rings is 1. The Morgan fingerprint density at radius 3 is 2.84 bits per heavy atom. The van der Waals surface area contributed by atoms with E-state index in [1.54, 1.807) is 18.5 Å². The molecule has 0 bridgehead atoms. The van der Waals surface area contributed by atoms with E-state index in [1.165, 1.54) is 0 Å². The quantitative estimate of drug-likeness (QED) is 0.627. The van der Waals surface area contributed by atoms with Crippen LogP contribution in [0.3, 0.4) is 0 Å². The summed E-state index contributed by atoms with van der Waals surface area (Å²) in [6.07, 6.45) is 6.76. The molecule has 1 fully saturated rings. The van der Waals surface area contributed by atoms with Crippen LogP contribution in [0.25, 0.3) is 22.3 Å². The molecule has 0 aliphatic carbocycles. The second-order valence-electron chi connectivity index (χ2n) is 6.03. The number of nitrogens with zero attached hydrogens (tertiary/aromatic N) is 3. The van der Waals surface area contributed by atoms with Gasteiger partial charge in [0.2, 0.25) is 5.91 Å². The number of anilines is 1. The zero-order chi connectivity index (χ0) is 17.2. The lowest BCUT2D eigenvalue weighted by Gasteiger charge is -2.21. The monoisotopic (exact) mass is 356 g/mol. The highest BCUT2D eigenvalue weighted by atomic mass is 35.5. The van der Waals surface area contributed by atoms with E-state index in [4.69, 9.17) is 11.6 Å². The van der Waals surface area contributed by atoms with Crippen LogP contribution in [-0.2, 0) is 4.79 Å². The maximum absolute atomic E-state index is 12.4. The molecular weight excluding hydrogens is 340 g/mol. The predicted molar refractivity (Wildman–Crippen MR) is 96.4 cm³/mol. The first-order valence-corrected chi connectivity index (χ1v) is 8.56. The van der Waals surface area contributed by atoms with Crippen LogP contribution in [0.15, 0.2) is 30.7 Å². The minimum absolute atomic E-state index is 0.00411. The van der Waals surface area contributed by atoms with Crippen molar-refractivity contribution in [1.29, 1.82) is 0 Å². The van der Waals surface area contributed by atoms with Gasteiger partial charge in [0, 0.05) is 30.1 Å². The number of amides is 1. The predicted octanol–water partition coefficient (Wildman–Crippen LogP) is 2.61. The number of H-pyrrole nitrogens is 1. The Morgan fingerprint density at radius 1 is 1.20 bits per heavy atom. The summed E-state index contributed by atoms with van der Waals surface area (Å²) in [6.45, 7) is 1.72. The molecule has 25 heavy (non-hydrogen) atoms. The van der Waals surface area contributed by atoms with Crippen LogP contribution in [0.1, 0.15) is 12.8 Å². The van der Waals surface area contributed by atoms with Crippen LogP contribution in [0, 0.1) is 5.92 Å². The number of piperidine rings is 1. The molecule has 1 saturated heterocycles. The second kappa shape index (κ2) is 6.78. The van der Waals surface area contributed by atoms with E-state index in [0.717, 1.165) is 42.6 Å². The molecule has 0 unspecified atom stereocenters. The Balaban J connectivity index is 1.63. The van der Waals surface area contributed by atoms with E-state index in [2.05, 4.69) is 30.6 Å². The lowest BCUT2D eigenvalue weighted by atomic mass is 9.97. The van der Waals surface area contributed by atoms with Gasteiger partial charge in [-0.1, -0.05) is 11.6 Å². The Morgan fingerprint density at radius 2 is 2.00 bits per heavy atom. The Bertz CT molecular complexity index is 918. The van der Waals surface area contributed by atoms with Gasteiger partial charge in [-0.05, 0) is 43.6 Å². The lowest BCUT2D eigenvalue weighted by molar-refractivity contribution is -0.120. The van der Waals surface area contributed by atoms with Crippen LogP contribution in [-0.4, -0.2) is 38.9 Å². The number of rotatable bonds is 3. The van der Waals surface area contributed by atoms with Gasteiger partial charge in [-0.3, -0.25) is 9.78 Å². The Labute approximate surface area is 149 Å². The smallest absolute Gasteiger partial charge is 0.228 e. The zero-order valence-electron chi connectivity index (χ0n) is 13.4. The van der Waals surface area contributed by atoms with E-state index in [1.807, 2.05) is 12.3 Å². The molecular formula is C17H17ClN6O. The van der Waals surface area contributed by atoms with Crippen LogP contribution < -0.4 is 10.6 Å². The van der Waals surface area contributed by atoms with E-state index in [-0.39, 0.29) is 11.8 Å². The first-order chi connectivity index (χ1) is 12.2. The second-order valence-corrected chi connectivity index (χ2v) is 6.42. The van der Waals surface area contributed by atoms with Gasteiger partial charge in [0.1, 0.15) is 16.5 Å². The van der Waals surface area contributed by atoms with Gasteiger partial charge in [0.25, 0.3) is 0 Å². The number of hydrogen-bond acceptors (Lipinski definition) is 5. The normalized spacial score (nSPS) is 15.4. The number of aromatic amines is 1. The summed E-state index contributed by atoms with van der Waals surface area (Å²) in [7, 11) is 0. The maximum Gasteiger partial charge on any atom is 0.228 e. The van der Waals surface area contributed by atoms with Crippen molar-refractivity contribution >= 4 is 34.5 Å². The van der Waals surface area contributed by atoms with Crippen molar-refractivity contribution in [1.82, 2.24) is 25.3 Å². The molecule has 7 nitrogen and oxygen atoms in total. The van der Waals surface area contributed by atoms with Crippen LogP contribution in [0.4, 0.5) is 5.82 Å². The topological polar surface area (TPSA) is 95.6 Å². The average molecular weight is 357 g/mol. The van der Waals surface area contributed by atoms with Crippen molar-refractivity contribution in [3.8, 4) is 11.1 Å². The first-order valence-electron chi connectivity index (χ1n) is 8.18. The van der Waals surface area contributed by atoms with Gasteiger partial charge in [-0.15, -0.1) is 0 Å². The number of fused-ring (bicyclic) bond motifs is 1. The molecule has 8 heteroatoms. The molecule has 0 atom stereocenters. The number of hydrogen-bond donors (Lipinski definition) is 3. The summed E-state index contributed by atoms with van der Waals surface area (Å²) < 4.78 is 0. The molecule has 4 heterocycles. The SMILES string of the molecule is O=C(Nc1cc(-c2c[nH]c3nccnc23)cc(Cl)n1)C1CCNCC1. The van der Waals surface area contributed by atoms with Crippen molar-refractivity contribution in [3.05, 3.63) is 35.9 Å². The highest BCUT2D eigenvalue weighted by molar-refractivity contribution is 6.30. The number of nitrogens with one attached hydrogen (secondary N) is 3. The number of halogens is 1. The van der Waals surface area contributed by atoms with E-state index >= 15 is 0 Å². The summed E-state index contributed by atoms with van der Waals surface area (Å²) in [5.74, 6) is 0.439. The minimum atomic E-state index is -0.0130. The summed E-state index contributed by atoms with van der Waals surface area (Å²) in [6, 6.07) is 3.56. The molecule has 1 aliphatic rings. The van der Waals surface area contributed by atoms with Crippen molar-refractivity contribution in [2.75, 3.05) is 18.4 Å². The van der Waals surface area contributed by atoms with Gasteiger partial charge < -0.3 is 15.6 Å². The van der Waals surface area contributed by atoms with Crippen molar-refractivity contribution in [2.45, 2.75) is 12.8 Å². The standard InChI is InChI=1S/C17H17ClN6O/c18-13-7-11(12-9-22-16-15(12)20-5-6-21-16)8-14(23-13)24-17(25)10-1-3-19-4-2-10/h5-10,19H,1-4H2,(H,21,22)(H,23,24,25). The molecule has 0 saturated carbocycles. The summed E-state index contributed by atoms with van der Waals surface area (Å²) in [5.41, 5.74) is 3.14. The molecule has 3 aromatic rings. The number of carbonyl (C=O) groups is 1. The van der Waals surface area contributed by atoms with E-state index in [0.29, 0.717) is 16.6 Å². The molecule has 1 amide bonds. The average Bonchev–Trinajstić information content (AvgIpc) is 3.06. The number of carbonyl (C=O) groups excluding carboxylic acids is 1. The summed E-state index contributed by atoms with van der Waals surface area (Å²) in [4.78, 5) is 28.4. The highest BCUT2D eigenvalue weighted by Crippen LogP contribution is 2.29. The van der Waals surface area contributed by atoms with Crippen molar-refractivity contribution < 1.29 is 4.79 Å². The minimum Gasteiger partial charge on any atom is -0.344 e. The summed E-state index contributed by atoms with van der Waals surface area (Å²) in [5, 5.41) is 6.46. The fourth-order valence-corrected chi connectivity index (χ4v) is 3.31. The molecule has 3 N–H and O–H groups in total. The molecule has 0 aromatic carbocycles. The first kappa shape index (κ1) is 16.0. The van der Waals surface area contributed by atoms with Gasteiger partial charge in [0.05, 0.1) is 0 Å². The molecule has 128 valence electrons. The van der Waals surface area contributed by atoms with Gasteiger partial charge in [0.15, 0.2) is 5.65 Å². The third-order valence-corrected chi connectivity index (χ3v) is 4.57. The van der Waals surface area contributed by atoms with Crippen LogP contribution in [0.5, 0.6) is 0 Å². The Hall–Kier alpha value is -2.51. The zero-order valence-corrected chi connectivity index (χ0v) is 14.2. The fraction of sp³-hybridized carbons (Fsp3) is 0.294. The lowest BCUT2D eigenvalue weighted by Crippen LogP contribution is -2.34. The van der Waals surface area contributed by atoms with Gasteiger partial charge in [-0.2, -0.15) is 0 Å². The van der Waals surface area contributed by atoms with Crippen molar-refractivity contribution in [3.63, 3.8) is 0 Å². The molecule has 0 radical (unpaired) electrons. The van der Waals surface area contributed by atoms with E-state index < -0.39 is 0 Å². The largest absolute Gasteiger partial charge is 0.344 e. The fourth-order valence-electron chi connectivity index (χ4n) is 3.10. The number of aromatic nitrogens is 4. The van der Waals surface area contributed by atoms with Gasteiger partial charge >= 0.3 is 0 Å². The third kappa shape index (κ3) is 3.33. The van der Waals surface area contributed by atoms with Crippen LogP contribution in [0.2, 0.25) is 5.15 Å². The third-order valence-electron chi connectivity index (χ3n) is 4.37.